The Morgan fingerprint density at radius 3 is 1.81 bits per heavy atom. The first-order valence-electron chi connectivity index (χ1n) is 4.90. The standard InChI is InChI=1S/C11H9N5/c1-2-8(10-12-4-5-13-10)16-9(3-1)11-14-6-7-15-11/h1-7H,(H,12,13)(H,14,15). The normalized spacial score (nSPS) is 10.5. The molecular weight excluding hydrogens is 202 g/mol. The lowest BCUT2D eigenvalue weighted by molar-refractivity contribution is 1.19. The molecule has 3 aromatic heterocycles. The zero-order valence-corrected chi connectivity index (χ0v) is 8.38. The van der Waals surface area contributed by atoms with Gasteiger partial charge in [-0.2, -0.15) is 0 Å². The Morgan fingerprint density at radius 2 is 1.38 bits per heavy atom. The second-order valence-corrected chi connectivity index (χ2v) is 3.28. The molecule has 78 valence electrons. The highest BCUT2D eigenvalue weighted by Gasteiger charge is 2.05. The van der Waals surface area contributed by atoms with Gasteiger partial charge in [0.2, 0.25) is 0 Å². The molecule has 0 spiro atoms. The van der Waals surface area contributed by atoms with E-state index in [0.29, 0.717) is 0 Å². The Kier molecular flexibility index (Phi) is 2.00. The number of hydrogen-bond acceptors (Lipinski definition) is 3. The van der Waals surface area contributed by atoms with E-state index in [1.807, 2.05) is 18.2 Å². The van der Waals surface area contributed by atoms with E-state index in [0.717, 1.165) is 23.0 Å². The fourth-order valence-corrected chi connectivity index (χ4v) is 1.51. The topological polar surface area (TPSA) is 70.2 Å². The quantitative estimate of drug-likeness (QED) is 0.679. The summed E-state index contributed by atoms with van der Waals surface area (Å²) in [5.74, 6) is 1.52. The van der Waals surface area contributed by atoms with Gasteiger partial charge in [0.1, 0.15) is 11.4 Å². The van der Waals surface area contributed by atoms with E-state index in [-0.39, 0.29) is 0 Å². The first-order chi connectivity index (χ1) is 7.93. The van der Waals surface area contributed by atoms with Gasteiger partial charge in [0.15, 0.2) is 11.6 Å². The monoisotopic (exact) mass is 211 g/mol. The second-order valence-electron chi connectivity index (χ2n) is 3.28. The van der Waals surface area contributed by atoms with Crippen LogP contribution in [0.25, 0.3) is 23.0 Å². The van der Waals surface area contributed by atoms with Crippen molar-refractivity contribution in [3.05, 3.63) is 43.0 Å². The molecule has 0 aliphatic rings. The molecule has 3 rings (SSSR count). The molecule has 0 radical (unpaired) electrons. The van der Waals surface area contributed by atoms with Gasteiger partial charge in [-0.05, 0) is 12.1 Å². The van der Waals surface area contributed by atoms with Crippen LogP contribution in [-0.4, -0.2) is 24.9 Å². The zero-order valence-electron chi connectivity index (χ0n) is 8.38. The van der Waals surface area contributed by atoms with Gasteiger partial charge in [0.25, 0.3) is 0 Å². The van der Waals surface area contributed by atoms with Crippen LogP contribution in [0.4, 0.5) is 0 Å². The molecule has 5 heteroatoms. The maximum atomic E-state index is 4.47. The third kappa shape index (κ3) is 1.48. The van der Waals surface area contributed by atoms with Gasteiger partial charge >= 0.3 is 0 Å². The number of H-pyrrole nitrogens is 2. The number of nitrogens with zero attached hydrogens (tertiary/aromatic N) is 3. The Morgan fingerprint density at radius 1 is 0.812 bits per heavy atom. The molecule has 2 N–H and O–H groups in total. The predicted molar refractivity (Wildman–Crippen MR) is 59.4 cm³/mol. The van der Waals surface area contributed by atoms with Crippen LogP contribution in [0, 0.1) is 0 Å². The number of aromatic nitrogens is 5. The fourth-order valence-electron chi connectivity index (χ4n) is 1.51. The smallest absolute Gasteiger partial charge is 0.155 e. The number of nitrogens with one attached hydrogen (secondary N) is 2. The van der Waals surface area contributed by atoms with Crippen molar-refractivity contribution in [1.29, 1.82) is 0 Å². The first-order valence-corrected chi connectivity index (χ1v) is 4.90. The van der Waals surface area contributed by atoms with Gasteiger partial charge in [0.05, 0.1) is 0 Å². The van der Waals surface area contributed by atoms with Gasteiger partial charge < -0.3 is 9.97 Å². The highest BCUT2D eigenvalue weighted by atomic mass is 15.0. The number of aromatic amines is 2. The number of imidazole rings is 2. The van der Waals surface area contributed by atoms with Crippen molar-refractivity contribution in [2.45, 2.75) is 0 Å². The van der Waals surface area contributed by atoms with Gasteiger partial charge in [-0.15, -0.1) is 0 Å². The molecule has 0 aliphatic carbocycles. The highest BCUT2D eigenvalue weighted by molar-refractivity contribution is 5.57. The van der Waals surface area contributed by atoms with Gasteiger partial charge in [-0.25, -0.2) is 15.0 Å². The molecular formula is C11H9N5. The molecule has 5 nitrogen and oxygen atoms in total. The molecule has 16 heavy (non-hydrogen) atoms. The SMILES string of the molecule is c1cc(-c2ncc[nH]2)nc(-c2ncc[nH]2)c1. The Bertz CT molecular complexity index is 519. The second kappa shape index (κ2) is 3.62. The third-order valence-electron chi connectivity index (χ3n) is 2.23. The maximum absolute atomic E-state index is 4.47. The molecule has 0 saturated carbocycles. The summed E-state index contributed by atoms with van der Waals surface area (Å²) in [5.41, 5.74) is 1.61. The van der Waals surface area contributed by atoms with E-state index in [2.05, 4.69) is 24.9 Å². The highest BCUT2D eigenvalue weighted by Crippen LogP contribution is 2.16. The van der Waals surface area contributed by atoms with E-state index in [1.165, 1.54) is 0 Å². The summed E-state index contributed by atoms with van der Waals surface area (Å²) in [5, 5.41) is 0. The van der Waals surface area contributed by atoms with Crippen molar-refractivity contribution in [1.82, 2.24) is 24.9 Å². The van der Waals surface area contributed by atoms with Crippen molar-refractivity contribution < 1.29 is 0 Å². The molecule has 0 amide bonds. The van der Waals surface area contributed by atoms with Crippen LogP contribution >= 0.6 is 0 Å². The lowest BCUT2D eigenvalue weighted by Gasteiger charge is -1.99. The van der Waals surface area contributed by atoms with E-state index in [1.54, 1.807) is 24.8 Å². The lowest BCUT2D eigenvalue weighted by Crippen LogP contribution is -1.90. The fraction of sp³-hybridized carbons (Fsp3) is 0. The van der Waals surface area contributed by atoms with Gasteiger partial charge in [-0.1, -0.05) is 6.07 Å². The number of rotatable bonds is 2. The molecule has 0 bridgehead atoms. The summed E-state index contributed by atoms with van der Waals surface area (Å²) in [4.78, 5) is 18.8. The molecule has 0 saturated heterocycles. The van der Waals surface area contributed by atoms with Crippen LogP contribution in [0.5, 0.6) is 0 Å². The summed E-state index contributed by atoms with van der Waals surface area (Å²) >= 11 is 0. The van der Waals surface area contributed by atoms with Crippen molar-refractivity contribution in [3.63, 3.8) is 0 Å². The summed E-state index contributed by atoms with van der Waals surface area (Å²) in [7, 11) is 0. The molecule has 3 aromatic rings. The van der Waals surface area contributed by atoms with E-state index >= 15 is 0 Å². The number of hydrogen-bond donors (Lipinski definition) is 2. The molecule has 0 fully saturated rings. The summed E-state index contributed by atoms with van der Waals surface area (Å²) in [6.07, 6.45) is 6.96. The van der Waals surface area contributed by atoms with Crippen molar-refractivity contribution in [2.24, 2.45) is 0 Å². The number of pyridine rings is 1. The van der Waals surface area contributed by atoms with Gasteiger partial charge in [-0.3, -0.25) is 0 Å². The molecule has 0 atom stereocenters. The minimum absolute atomic E-state index is 0.758. The van der Waals surface area contributed by atoms with Crippen LogP contribution in [0.15, 0.2) is 43.0 Å². The van der Waals surface area contributed by atoms with Gasteiger partial charge in [0, 0.05) is 24.8 Å². The van der Waals surface area contributed by atoms with E-state index < -0.39 is 0 Å². The van der Waals surface area contributed by atoms with E-state index in [9.17, 15) is 0 Å². The van der Waals surface area contributed by atoms with Crippen molar-refractivity contribution >= 4 is 0 Å². The van der Waals surface area contributed by atoms with Crippen LogP contribution < -0.4 is 0 Å². The predicted octanol–water partition coefficient (Wildman–Crippen LogP) is 1.86. The lowest BCUT2D eigenvalue weighted by atomic mass is 10.3. The van der Waals surface area contributed by atoms with Crippen molar-refractivity contribution in [3.8, 4) is 23.0 Å². The summed E-state index contributed by atoms with van der Waals surface area (Å²) in [6.45, 7) is 0. The minimum atomic E-state index is 0.758. The third-order valence-corrected chi connectivity index (χ3v) is 2.23. The van der Waals surface area contributed by atoms with Crippen LogP contribution in [0.2, 0.25) is 0 Å². The average molecular weight is 211 g/mol. The maximum Gasteiger partial charge on any atom is 0.155 e. The Balaban J connectivity index is 2.07. The largest absolute Gasteiger partial charge is 0.343 e. The van der Waals surface area contributed by atoms with Crippen LogP contribution in [0.3, 0.4) is 0 Å². The summed E-state index contributed by atoms with van der Waals surface area (Å²) < 4.78 is 0. The molecule has 0 aromatic carbocycles. The minimum Gasteiger partial charge on any atom is -0.343 e. The Hall–Kier alpha value is -2.43. The molecule has 0 aliphatic heterocycles. The van der Waals surface area contributed by atoms with Crippen LogP contribution in [-0.2, 0) is 0 Å². The molecule has 3 heterocycles. The molecule has 0 unspecified atom stereocenters. The Labute approximate surface area is 91.6 Å². The zero-order chi connectivity index (χ0) is 10.8. The van der Waals surface area contributed by atoms with Crippen molar-refractivity contribution in [2.75, 3.05) is 0 Å². The van der Waals surface area contributed by atoms with Crippen LogP contribution in [0.1, 0.15) is 0 Å². The van der Waals surface area contributed by atoms with E-state index in [4.69, 9.17) is 0 Å². The average Bonchev–Trinajstić information content (AvgIpc) is 3.03. The first kappa shape index (κ1) is 8.84. The summed E-state index contributed by atoms with van der Waals surface area (Å²) in [6, 6.07) is 5.75.